The van der Waals surface area contributed by atoms with E-state index in [2.05, 4.69) is 38.3 Å². The Morgan fingerprint density at radius 1 is 1.47 bits per heavy atom. The Hall–Kier alpha value is -1.69. The van der Waals surface area contributed by atoms with E-state index in [-0.39, 0.29) is 0 Å². The van der Waals surface area contributed by atoms with E-state index in [4.69, 9.17) is 0 Å². The number of anilines is 1. The number of hydrogen-bond donors (Lipinski definition) is 1. The topological polar surface area (TPSA) is 58.4 Å². The molecule has 2 aromatic heterocycles. The van der Waals surface area contributed by atoms with Crippen LogP contribution in [-0.4, -0.2) is 45.3 Å². The van der Waals surface area contributed by atoms with Crippen molar-refractivity contribution in [1.29, 1.82) is 0 Å². The Labute approximate surface area is 99.7 Å². The van der Waals surface area contributed by atoms with Crippen molar-refractivity contribution in [3.8, 4) is 0 Å². The number of fused-ring (bicyclic) bond motifs is 1. The van der Waals surface area contributed by atoms with Gasteiger partial charge in [0.2, 0.25) is 0 Å². The lowest BCUT2D eigenvalue weighted by Gasteiger charge is -2.35. The standard InChI is InChI=1S/C11H16N6/c1-8-5-10(16-4-3-12-6-9(16)2)17-11(15-8)13-7-14-17/h5,7,9,12H,3-4,6H2,1-2H3. The molecule has 90 valence electrons. The van der Waals surface area contributed by atoms with Crippen LogP contribution < -0.4 is 10.2 Å². The highest BCUT2D eigenvalue weighted by atomic mass is 15.4. The molecular formula is C11H16N6. The Bertz CT molecular complexity index is 534. The van der Waals surface area contributed by atoms with Gasteiger partial charge in [0, 0.05) is 37.4 Å². The summed E-state index contributed by atoms with van der Waals surface area (Å²) in [5, 5.41) is 7.64. The average Bonchev–Trinajstić information content (AvgIpc) is 2.76. The maximum absolute atomic E-state index is 4.36. The fourth-order valence-corrected chi connectivity index (χ4v) is 2.30. The minimum absolute atomic E-state index is 0.456. The molecule has 1 aliphatic heterocycles. The van der Waals surface area contributed by atoms with Crippen LogP contribution in [-0.2, 0) is 0 Å². The largest absolute Gasteiger partial charge is 0.351 e. The minimum Gasteiger partial charge on any atom is -0.351 e. The Kier molecular flexibility index (Phi) is 2.44. The molecule has 1 atom stereocenters. The minimum atomic E-state index is 0.456. The fraction of sp³-hybridized carbons (Fsp3) is 0.545. The Morgan fingerprint density at radius 2 is 2.35 bits per heavy atom. The first-order valence-corrected chi connectivity index (χ1v) is 5.90. The highest BCUT2D eigenvalue weighted by molar-refractivity contribution is 5.48. The second-order valence-electron chi connectivity index (χ2n) is 4.47. The van der Waals surface area contributed by atoms with Crippen molar-refractivity contribution in [2.75, 3.05) is 24.5 Å². The zero-order valence-electron chi connectivity index (χ0n) is 10.1. The predicted octanol–water partition coefficient (Wildman–Crippen LogP) is 0.231. The van der Waals surface area contributed by atoms with E-state index in [9.17, 15) is 0 Å². The van der Waals surface area contributed by atoms with Gasteiger partial charge in [-0.15, -0.1) is 0 Å². The summed E-state index contributed by atoms with van der Waals surface area (Å²) in [5.41, 5.74) is 0.978. The lowest BCUT2D eigenvalue weighted by Crippen LogP contribution is -2.50. The molecule has 1 N–H and O–H groups in total. The number of hydrogen-bond acceptors (Lipinski definition) is 5. The van der Waals surface area contributed by atoms with Gasteiger partial charge in [0.1, 0.15) is 12.1 Å². The molecule has 0 saturated carbocycles. The van der Waals surface area contributed by atoms with E-state index in [1.165, 1.54) is 0 Å². The van der Waals surface area contributed by atoms with Gasteiger partial charge in [0.15, 0.2) is 0 Å². The summed E-state index contributed by atoms with van der Waals surface area (Å²) in [4.78, 5) is 10.9. The lowest BCUT2D eigenvalue weighted by atomic mass is 10.2. The molecule has 6 heteroatoms. The van der Waals surface area contributed by atoms with E-state index in [0.29, 0.717) is 11.8 Å². The van der Waals surface area contributed by atoms with Crippen molar-refractivity contribution in [3.05, 3.63) is 18.1 Å². The van der Waals surface area contributed by atoms with Crippen molar-refractivity contribution in [2.45, 2.75) is 19.9 Å². The number of nitrogens with one attached hydrogen (secondary N) is 1. The highest BCUT2D eigenvalue weighted by Crippen LogP contribution is 2.19. The molecule has 0 bridgehead atoms. The predicted molar refractivity (Wildman–Crippen MR) is 65.2 cm³/mol. The summed E-state index contributed by atoms with van der Waals surface area (Å²) >= 11 is 0. The number of nitrogens with zero attached hydrogens (tertiary/aromatic N) is 5. The second kappa shape index (κ2) is 3.96. The van der Waals surface area contributed by atoms with E-state index in [1.807, 2.05) is 11.4 Å². The van der Waals surface area contributed by atoms with Crippen LogP contribution in [0.5, 0.6) is 0 Å². The Balaban J connectivity index is 2.11. The van der Waals surface area contributed by atoms with E-state index >= 15 is 0 Å². The van der Waals surface area contributed by atoms with Gasteiger partial charge in [-0.1, -0.05) is 0 Å². The van der Waals surface area contributed by atoms with Crippen LogP contribution in [0.25, 0.3) is 5.78 Å². The first-order valence-electron chi connectivity index (χ1n) is 5.90. The molecule has 1 fully saturated rings. The zero-order valence-corrected chi connectivity index (χ0v) is 10.1. The van der Waals surface area contributed by atoms with E-state index < -0.39 is 0 Å². The smallest absolute Gasteiger partial charge is 0.254 e. The molecule has 3 rings (SSSR count). The SMILES string of the molecule is Cc1cc(N2CCNCC2C)n2ncnc2n1. The van der Waals surface area contributed by atoms with Gasteiger partial charge in [0.25, 0.3) is 5.78 Å². The van der Waals surface area contributed by atoms with Gasteiger partial charge in [-0.3, -0.25) is 0 Å². The van der Waals surface area contributed by atoms with Crippen LogP contribution in [0.15, 0.2) is 12.4 Å². The summed E-state index contributed by atoms with van der Waals surface area (Å²) in [6.07, 6.45) is 1.55. The quantitative estimate of drug-likeness (QED) is 0.763. The summed E-state index contributed by atoms with van der Waals surface area (Å²) in [5.74, 6) is 1.75. The van der Waals surface area contributed by atoms with E-state index in [1.54, 1.807) is 6.33 Å². The van der Waals surface area contributed by atoms with Gasteiger partial charge < -0.3 is 10.2 Å². The van der Waals surface area contributed by atoms with Gasteiger partial charge in [-0.25, -0.2) is 4.98 Å². The first kappa shape index (κ1) is 10.5. The molecule has 2 aromatic rings. The molecule has 3 heterocycles. The van der Waals surface area contributed by atoms with Crippen LogP contribution in [0.4, 0.5) is 5.82 Å². The molecular weight excluding hydrogens is 216 g/mol. The third-order valence-electron chi connectivity index (χ3n) is 3.16. The summed E-state index contributed by atoms with van der Waals surface area (Å²) in [7, 11) is 0. The second-order valence-corrected chi connectivity index (χ2v) is 4.47. The molecule has 6 nitrogen and oxygen atoms in total. The molecule has 1 unspecified atom stereocenters. The molecule has 17 heavy (non-hydrogen) atoms. The Morgan fingerprint density at radius 3 is 3.18 bits per heavy atom. The van der Waals surface area contributed by atoms with Gasteiger partial charge in [0.05, 0.1) is 0 Å². The molecule has 0 spiro atoms. The van der Waals surface area contributed by atoms with Crippen molar-refractivity contribution < 1.29 is 0 Å². The highest BCUT2D eigenvalue weighted by Gasteiger charge is 2.21. The number of piperazine rings is 1. The fourth-order valence-electron chi connectivity index (χ4n) is 2.30. The first-order chi connectivity index (χ1) is 8.25. The number of aromatic nitrogens is 4. The van der Waals surface area contributed by atoms with Crippen LogP contribution in [0.1, 0.15) is 12.6 Å². The van der Waals surface area contributed by atoms with Crippen molar-refractivity contribution in [3.63, 3.8) is 0 Å². The maximum atomic E-state index is 4.36. The van der Waals surface area contributed by atoms with Crippen LogP contribution in [0, 0.1) is 6.92 Å². The third kappa shape index (κ3) is 1.74. The molecule has 1 aliphatic rings. The van der Waals surface area contributed by atoms with Crippen LogP contribution >= 0.6 is 0 Å². The summed E-state index contributed by atoms with van der Waals surface area (Å²) in [6.45, 7) is 7.19. The molecule has 0 aromatic carbocycles. The van der Waals surface area contributed by atoms with Crippen LogP contribution in [0.3, 0.4) is 0 Å². The van der Waals surface area contributed by atoms with Crippen molar-refractivity contribution >= 4 is 11.6 Å². The maximum Gasteiger partial charge on any atom is 0.254 e. The van der Waals surface area contributed by atoms with Gasteiger partial charge in [-0.2, -0.15) is 14.6 Å². The van der Waals surface area contributed by atoms with Crippen molar-refractivity contribution in [1.82, 2.24) is 24.9 Å². The zero-order chi connectivity index (χ0) is 11.8. The molecule has 0 amide bonds. The molecule has 1 saturated heterocycles. The van der Waals surface area contributed by atoms with Crippen molar-refractivity contribution in [2.24, 2.45) is 0 Å². The van der Waals surface area contributed by atoms with Gasteiger partial charge in [-0.05, 0) is 13.8 Å². The molecule has 0 aliphatic carbocycles. The third-order valence-corrected chi connectivity index (χ3v) is 3.16. The summed E-state index contributed by atoms with van der Waals surface area (Å²) in [6, 6.07) is 2.53. The normalized spacial score (nSPS) is 21.1. The molecule has 0 radical (unpaired) electrons. The van der Waals surface area contributed by atoms with E-state index in [0.717, 1.165) is 31.1 Å². The number of aryl methyl sites for hydroxylation is 1. The monoisotopic (exact) mass is 232 g/mol. The average molecular weight is 232 g/mol. The summed E-state index contributed by atoms with van der Waals surface area (Å²) < 4.78 is 1.81. The lowest BCUT2D eigenvalue weighted by molar-refractivity contribution is 0.493. The van der Waals surface area contributed by atoms with Crippen LogP contribution in [0.2, 0.25) is 0 Å². The van der Waals surface area contributed by atoms with Gasteiger partial charge >= 0.3 is 0 Å². The number of rotatable bonds is 1.